The highest BCUT2D eigenvalue weighted by molar-refractivity contribution is 5.69. The molecule has 0 fully saturated rings. The van der Waals surface area contributed by atoms with Crippen molar-refractivity contribution in [1.29, 1.82) is 0 Å². The molecule has 0 aromatic heterocycles. The smallest absolute Gasteiger partial charge is 0.00171 e. The highest BCUT2D eigenvalue weighted by atomic mass is 14.8. The molecule has 0 amide bonds. The van der Waals surface area contributed by atoms with Gasteiger partial charge in [-0.05, 0) is 61.0 Å². The van der Waals surface area contributed by atoms with E-state index in [1.807, 2.05) is 7.05 Å². The molecule has 1 heteroatoms. The molecule has 1 aliphatic carbocycles. The molecule has 1 nitrogen and oxygen atoms in total. The number of hydrogen-bond acceptors (Lipinski definition) is 1. The van der Waals surface area contributed by atoms with Gasteiger partial charge in [0, 0.05) is 0 Å². The first kappa shape index (κ1) is 14.1. The molecular weight excluding hydrogens is 254 g/mol. The standard InChI is InChI=1S/C20H23N/c1-21-13-7-12-20(16-8-3-2-4-9-16)19-14-17-10-5-6-11-18(17)15-19/h2-6,8-12,19,21H,7,13-15H2,1H3. The van der Waals surface area contributed by atoms with Gasteiger partial charge in [-0.2, -0.15) is 0 Å². The lowest BCUT2D eigenvalue weighted by Crippen LogP contribution is -2.08. The lowest BCUT2D eigenvalue weighted by molar-refractivity contribution is 0.718. The Labute approximate surface area is 127 Å². The zero-order chi connectivity index (χ0) is 14.5. The Hall–Kier alpha value is -1.86. The number of allylic oxidation sites excluding steroid dienone is 1. The molecule has 0 bridgehead atoms. The highest BCUT2D eigenvalue weighted by Crippen LogP contribution is 2.36. The topological polar surface area (TPSA) is 12.0 Å². The Morgan fingerprint density at radius 3 is 2.24 bits per heavy atom. The molecule has 108 valence electrons. The summed E-state index contributed by atoms with van der Waals surface area (Å²) in [6.45, 7) is 1.04. The molecule has 0 heterocycles. The van der Waals surface area contributed by atoms with E-state index in [2.05, 4.69) is 66.0 Å². The second-order valence-electron chi connectivity index (χ2n) is 5.79. The molecule has 0 aliphatic heterocycles. The van der Waals surface area contributed by atoms with Gasteiger partial charge in [0.1, 0.15) is 0 Å². The molecule has 0 spiro atoms. The minimum atomic E-state index is 0.627. The summed E-state index contributed by atoms with van der Waals surface area (Å²) in [5.41, 5.74) is 5.95. The van der Waals surface area contributed by atoms with Crippen molar-refractivity contribution in [3.05, 3.63) is 77.4 Å². The number of hydrogen-bond donors (Lipinski definition) is 1. The van der Waals surface area contributed by atoms with Crippen molar-refractivity contribution in [2.24, 2.45) is 5.92 Å². The summed E-state index contributed by atoms with van der Waals surface area (Å²) >= 11 is 0. The third kappa shape index (κ3) is 3.25. The van der Waals surface area contributed by atoms with Gasteiger partial charge in [0.05, 0.1) is 0 Å². The largest absolute Gasteiger partial charge is 0.319 e. The van der Waals surface area contributed by atoms with E-state index in [9.17, 15) is 0 Å². The van der Waals surface area contributed by atoms with Crippen LogP contribution in [-0.4, -0.2) is 13.6 Å². The summed E-state index contributed by atoms with van der Waals surface area (Å²) in [6, 6.07) is 19.8. The molecule has 1 N–H and O–H groups in total. The summed E-state index contributed by atoms with van der Waals surface area (Å²) in [6.07, 6.45) is 5.88. The van der Waals surface area contributed by atoms with Gasteiger partial charge in [-0.1, -0.05) is 60.7 Å². The predicted octanol–water partition coefficient (Wildman–Crippen LogP) is 4.09. The first-order valence-corrected chi connectivity index (χ1v) is 7.85. The lowest BCUT2D eigenvalue weighted by atomic mass is 9.89. The van der Waals surface area contributed by atoms with E-state index in [0.29, 0.717) is 5.92 Å². The Morgan fingerprint density at radius 2 is 1.62 bits per heavy atom. The van der Waals surface area contributed by atoms with Gasteiger partial charge in [-0.25, -0.2) is 0 Å². The Morgan fingerprint density at radius 1 is 1.00 bits per heavy atom. The lowest BCUT2D eigenvalue weighted by Gasteiger charge is -2.15. The van der Waals surface area contributed by atoms with Crippen LogP contribution in [0.2, 0.25) is 0 Å². The minimum absolute atomic E-state index is 0.627. The summed E-state index contributed by atoms with van der Waals surface area (Å²) < 4.78 is 0. The first-order valence-electron chi connectivity index (χ1n) is 7.85. The van der Waals surface area contributed by atoms with Crippen LogP contribution in [0.5, 0.6) is 0 Å². The molecular formula is C20H23N. The molecule has 3 rings (SSSR count). The summed E-state index contributed by atoms with van der Waals surface area (Å²) in [5, 5.41) is 3.24. The number of rotatable bonds is 5. The first-order chi connectivity index (χ1) is 10.4. The van der Waals surface area contributed by atoms with Crippen LogP contribution in [0.4, 0.5) is 0 Å². The average Bonchev–Trinajstić information content (AvgIpc) is 2.96. The van der Waals surface area contributed by atoms with Crippen LogP contribution in [0.3, 0.4) is 0 Å². The fraction of sp³-hybridized carbons (Fsp3) is 0.300. The van der Waals surface area contributed by atoms with Crippen molar-refractivity contribution in [2.75, 3.05) is 13.6 Å². The van der Waals surface area contributed by atoms with Gasteiger partial charge < -0.3 is 5.32 Å². The van der Waals surface area contributed by atoms with Crippen LogP contribution in [0, 0.1) is 5.92 Å². The fourth-order valence-electron chi connectivity index (χ4n) is 3.30. The number of fused-ring (bicyclic) bond motifs is 1. The minimum Gasteiger partial charge on any atom is -0.319 e. The highest BCUT2D eigenvalue weighted by Gasteiger charge is 2.24. The van der Waals surface area contributed by atoms with Crippen LogP contribution in [0.15, 0.2) is 60.7 Å². The molecule has 0 unspecified atom stereocenters. The molecule has 1 aliphatic rings. The van der Waals surface area contributed by atoms with E-state index < -0.39 is 0 Å². The summed E-state index contributed by atoms with van der Waals surface area (Å²) in [7, 11) is 2.02. The Bertz CT molecular complexity index is 588. The van der Waals surface area contributed by atoms with Crippen molar-refractivity contribution in [1.82, 2.24) is 5.32 Å². The van der Waals surface area contributed by atoms with Crippen molar-refractivity contribution >= 4 is 5.57 Å². The van der Waals surface area contributed by atoms with E-state index in [1.54, 1.807) is 0 Å². The summed E-state index contributed by atoms with van der Waals surface area (Å²) in [4.78, 5) is 0. The van der Waals surface area contributed by atoms with Crippen molar-refractivity contribution in [3.8, 4) is 0 Å². The van der Waals surface area contributed by atoms with Gasteiger partial charge in [0.25, 0.3) is 0 Å². The van der Waals surface area contributed by atoms with Crippen molar-refractivity contribution < 1.29 is 0 Å². The van der Waals surface area contributed by atoms with Gasteiger partial charge in [-0.3, -0.25) is 0 Å². The van der Waals surface area contributed by atoms with Crippen LogP contribution in [0.25, 0.3) is 5.57 Å². The van der Waals surface area contributed by atoms with Crippen molar-refractivity contribution in [3.63, 3.8) is 0 Å². The maximum Gasteiger partial charge on any atom is -0.00171 e. The molecule has 0 radical (unpaired) electrons. The normalized spacial score (nSPS) is 15.2. The van der Waals surface area contributed by atoms with E-state index in [1.165, 1.54) is 35.1 Å². The van der Waals surface area contributed by atoms with Gasteiger partial charge in [0.15, 0.2) is 0 Å². The Balaban J connectivity index is 1.86. The molecule has 0 saturated heterocycles. The number of benzene rings is 2. The van der Waals surface area contributed by atoms with Crippen LogP contribution in [-0.2, 0) is 12.8 Å². The van der Waals surface area contributed by atoms with Gasteiger partial charge in [-0.15, -0.1) is 0 Å². The predicted molar refractivity (Wildman–Crippen MR) is 90.3 cm³/mol. The quantitative estimate of drug-likeness (QED) is 0.812. The summed E-state index contributed by atoms with van der Waals surface area (Å²) in [5.74, 6) is 0.627. The molecule has 2 aromatic rings. The second-order valence-corrected chi connectivity index (χ2v) is 5.79. The van der Waals surface area contributed by atoms with Gasteiger partial charge >= 0.3 is 0 Å². The number of nitrogens with one attached hydrogen (secondary N) is 1. The maximum absolute atomic E-state index is 3.24. The third-order valence-electron chi connectivity index (χ3n) is 4.36. The van der Waals surface area contributed by atoms with E-state index in [0.717, 1.165) is 13.0 Å². The molecule has 2 aromatic carbocycles. The molecule has 21 heavy (non-hydrogen) atoms. The Kier molecular flexibility index (Phi) is 4.52. The zero-order valence-corrected chi connectivity index (χ0v) is 12.7. The van der Waals surface area contributed by atoms with E-state index in [4.69, 9.17) is 0 Å². The fourth-order valence-corrected chi connectivity index (χ4v) is 3.30. The zero-order valence-electron chi connectivity index (χ0n) is 12.7. The third-order valence-corrected chi connectivity index (χ3v) is 4.36. The van der Waals surface area contributed by atoms with E-state index >= 15 is 0 Å². The van der Waals surface area contributed by atoms with Crippen LogP contribution >= 0.6 is 0 Å². The van der Waals surface area contributed by atoms with Crippen molar-refractivity contribution in [2.45, 2.75) is 19.3 Å². The van der Waals surface area contributed by atoms with Gasteiger partial charge in [0.2, 0.25) is 0 Å². The van der Waals surface area contributed by atoms with Crippen LogP contribution in [0.1, 0.15) is 23.1 Å². The maximum atomic E-state index is 3.24. The van der Waals surface area contributed by atoms with E-state index in [-0.39, 0.29) is 0 Å². The molecule has 0 saturated carbocycles. The monoisotopic (exact) mass is 277 g/mol. The molecule has 0 atom stereocenters. The second kappa shape index (κ2) is 6.73. The SMILES string of the molecule is CNCCC=C(c1ccccc1)C1Cc2ccccc2C1. The average molecular weight is 277 g/mol. The van der Waals surface area contributed by atoms with Crippen LogP contribution < -0.4 is 5.32 Å².